The van der Waals surface area contributed by atoms with Gasteiger partial charge in [-0.2, -0.15) is 0 Å². The van der Waals surface area contributed by atoms with E-state index < -0.39 is 0 Å². The SMILES string of the molecule is Cc1ccc2c(c1)Oc1cc(-c3ccccc3-n3c4ccccc4c4ccccc43)cc3c1B2c1ccccc1O3. The Balaban J connectivity index is 1.30. The summed E-state index contributed by atoms with van der Waals surface area (Å²) in [4.78, 5) is 0. The third-order valence-corrected chi connectivity index (χ3v) is 8.58. The molecule has 2 aliphatic heterocycles. The number of hydrogen-bond acceptors (Lipinski definition) is 2. The van der Waals surface area contributed by atoms with Crippen molar-refractivity contribution < 1.29 is 9.47 Å². The van der Waals surface area contributed by atoms with Crippen LogP contribution in [0.5, 0.6) is 23.0 Å². The zero-order valence-electron chi connectivity index (χ0n) is 22.5. The maximum Gasteiger partial charge on any atom is 0.260 e. The van der Waals surface area contributed by atoms with Gasteiger partial charge in [0.2, 0.25) is 0 Å². The third-order valence-electron chi connectivity index (χ3n) is 8.58. The summed E-state index contributed by atoms with van der Waals surface area (Å²) in [5.41, 5.74) is 10.3. The number of benzene rings is 6. The van der Waals surface area contributed by atoms with E-state index in [4.69, 9.17) is 9.47 Å². The Hall–Kier alpha value is -5.22. The van der Waals surface area contributed by atoms with Crippen molar-refractivity contribution in [3.05, 3.63) is 133 Å². The molecule has 0 bridgehead atoms. The van der Waals surface area contributed by atoms with Gasteiger partial charge in [-0.05, 0) is 71.4 Å². The number of aryl methyl sites for hydroxylation is 1. The van der Waals surface area contributed by atoms with Crippen molar-refractivity contribution in [3.8, 4) is 39.8 Å². The molecule has 7 aromatic rings. The molecule has 0 unspecified atom stereocenters. The molecule has 0 atom stereocenters. The van der Waals surface area contributed by atoms with Crippen LogP contribution in [0.15, 0.2) is 127 Å². The zero-order valence-corrected chi connectivity index (χ0v) is 22.5. The minimum atomic E-state index is 0.0657. The highest BCUT2D eigenvalue weighted by atomic mass is 16.5. The fourth-order valence-electron chi connectivity index (χ4n) is 6.80. The van der Waals surface area contributed by atoms with E-state index in [9.17, 15) is 0 Å². The molecule has 0 spiro atoms. The number of rotatable bonds is 2. The van der Waals surface area contributed by atoms with Crippen molar-refractivity contribution in [1.82, 2.24) is 4.57 Å². The number of hydrogen-bond donors (Lipinski definition) is 0. The molecule has 0 saturated carbocycles. The van der Waals surface area contributed by atoms with Gasteiger partial charge in [-0.15, -0.1) is 0 Å². The van der Waals surface area contributed by atoms with Crippen LogP contribution in [0.4, 0.5) is 0 Å². The molecule has 0 aliphatic carbocycles. The van der Waals surface area contributed by atoms with Gasteiger partial charge in [0.15, 0.2) is 0 Å². The highest BCUT2D eigenvalue weighted by molar-refractivity contribution is 6.98. The Labute approximate surface area is 238 Å². The van der Waals surface area contributed by atoms with Crippen LogP contribution < -0.4 is 25.9 Å². The Morgan fingerprint density at radius 1 is 0.537 bits per heavy atom. The normalized spacial score (nSPS) is 12.9. The highest BCUT2D eigenvalue weighted by Gasteiger charge is 2.40. The second-order valence-corrected chi connectivity index (χ2v) is 11.0. The average Bonchev–Trinajstić information content (AvgIpc) is 3.35. The molecule has 0 fully saturated rings. The summed E-state index contributed by atoms with van der Waals surface area (Å²) in [6.45, 7) is 2.18. The van der Waals surface area contributed by atoms with E-state index >= 15 is 0 Å². The van der Waals surface area contributed by atoms with E-state index in [2.05, 4.69) is 133 Å². The van der Waals surface area contributed by atoms with Crippen molar-refractivity contribution in [2.75, 3.05) is 0 Å². The summed E-state index contributed by atoms with van der Waals surface area (Å²) in [5, 5.41) is 2.49. The van der Waals surface area contributed by atoms with Crippen molar-refractivity contribution in [3.63, 3.8) is 0 Å². The second-order valence-electron chi connectivity index (χ2n) is 11.0. The van der Waals surface area contributed by atoms with E-state index in [1.807, 2.05) is 6.07 Å². The van der Waals surface area contributed by atoms with Gasteiger partial charge in [0.25, 0.3) is 6.71 Å². The molecule has 1 aromatic heterocycles. The van der Waals surface area contributed by atoms with Gasteiger partial charge in [-0.3, -0.25) is 0 Å². The van der Waals surface area contributed by atoms with Crippen LogP contribution in [0.25, 0.3) is 38.6 Å². The number of ether oxygens (including phenoxy) is 2. The van der Waals surface area contributed by atoms with Crippen LogP contribution in [0.3, 0.4) is 0 Å². The number of para-hydroxylation sites is 4. The lowest BCUT2D eigenvalue weighted by atomic mass is 9.35. The fourth-order valence-corrected chi connectivity index (χ4v) is 6.80. The van der Waals surface area contributed by atoms with E-state index in [0.29, 0.717) is 0 Å². The topological polar surface area (TPSA) is 23.4 Å². The lowest BCUT2D eigenvalue weighted by molar-refractivity contribution is 0.464. The van der Waals surface area contributed by atoms with Gasteiger partial charge in [0, 0.05) is 21.8 Å². The molecule has 41 heavy (non-hydrogen) atoms. The van der Waals surface area contributed by atoms with E-state index in [-0.39, 0.29) is 6.71 Å². The van der Waals surface area contributed by atoms with Gasteiger partial charge in [-0.1, -0.05) is 84.9 Å². The van der Waals surface area contributed by atoms with Crippen molar-refractivity contribution in [2.45, 2.75) is 6.92 Å². The first kappa shape index (κ1) is 22.6. The van der Waals surface area contributed by atoms with Gasteiger partial charge < -0.3 is 14.0 Å². The molecule has 3 nitrogen and oxygen atoms in total. The molecular weight excluding hydrogens is 501 g/mol. The van der Waals surface area contributed by atoms with E-state index in [1.165, 1.54) is 38.3 Å². The van der Waals surface area contributed by atoms with Gasteiger partial charge in [0.1, 0.15) is 23.0 Å². The summed E-state index contributed by atoms with van der Waals surface area (Å²) in [5.74, 6) is 3.52. The molecule has 0 radical (unpaired) electrons. The second kappa shape index (κ2) is 8.39. The Morgan fingerprint density at radius 2 is 1.15 bits per heavy atom. The molecule has 0 N–H and O–H groups in total. The van der Waals surface area contributed by atoms with Crippen molar-refractivity contribution >= 4 is 44.9 Å². The molecule has 2 aliphatic rings. The van der Waals surface area contributed by atoms with Crippen molar-refractivity contribution in [1.29, 1.82) is 0 Å². The van der Waals surface area contributed by atoms with Gasteiger partial charge >= 0.3 is 0 Å². The molecule has 0 amide bonds. The monoisotopic (exact) mass is 525 g/mol. The highest BCUT2D eigenvalue weighted by Crippen LogP contribution is 2.41. The van der Waals surface area contributed by atoms with Crippen molar-refractivity contribution in [2.24, 2.45) is 0 Å². The first-order valence-corrected chi connectivity index (χ1v) is 14.1. The molecule has 6 aromatic carbocycles. The average molecular weight is 525 g/mol. The molecular formula is C37H24BNO2. The summed E-state index contributed by atoms with van der Waals surface area (Å²) >= 11 is 0. The minimum absolute atomic E-state index is 0.0657. The quantitative estimate of drug-likeness (QED) is 0.219. The lowest BCUT2D eigenvalue weighted by Crippen LogP contribution is -2.57. The lowest BCUT2D eigenvalue weighted by Gasteiger charge is -2.33. The van der Waals surface area contributed by atoms with Crippen LogP contribution in [-0.4, -0.2) is 11.3 Å². The molecule has 192 valence electrons. The fraction of sp³-hybridized carbons (Fsp3) is 0.0270. The number of aromatic nitrogens is 1. The van der Waals surface area contributed by atoms with E-state index in [1.54, 1.807) is 0 Å². The minimum Gasteiger partial charge on any atom is -0.458 e. The molecule has 4 heteroatoms. The summed E-state index contributed by atoms with van der Waals surface area (Å²) in [7, 11) is 0. The van der Waals surface area contributed by atoms with Crippen LogP contribution in [0.2, 0.25) is 0 Å². The van der Waals surface area contributed by atoms with Gasteiger partial charge in [-0.25, -0.2) is 0 Å². The predicted molar refractivity (Wildman–Crippen MR) is 169 cm³/mol. The van der Waals surface area contributed by atoms with Crippen LogP contribution in [0, 0.1) is 6.92 Å². The first-order valence-electron chi connectivity index (χ1n) is 14.1. The number of nitrogens with zero attached hydrogens (tertiary/aromatic N) is 1. The summed E-state index contributed by atoms with van der Waals surface area (Å²) in [6.07, 6.45) is 0. The van der Waals surface area contributed by atoms with Gasteiger partial charge in [0.05, 0.1) is 16.7 Å². The smallest absolute Gasteiger partial charge is 0.260 e. The van der Waals surface area contributed by atoms with Crippen LogP contribution >= 0.6 is 0 Å². The Morgan fingerprint density at radius 3 is 1.93 bits per heavy atom. The molecule has 9 rings (SSSR count). The van der Waals surface area contributed by atoms with Crippen LogP contribution in [0.1, 0.15) is 5.56 Å². The standard InChI is InChI=1S/C37H24BNO2/c1-23-18-19-29-34(20-23)41-36-22-24(21-35-37(36)38(29)28-13-5-9-17-33(28)40-35)25-10-2-6-14-30(25)39-31-15-7-3-11-26(31)27-12-4-8-16-32(27)39/h2-22H,1H3. The maximum absolute atomic E-state index is 6.67. The van der Waals surface area contributed by atoms with E-state index in [0.717, 1.165) is 45.3 Å². The maximum atomic E-state index is 6.67. The third kappa shape index (κ3) is 3.22. The number of fused-ring (bicyclic) bond motifs is 7. The predicted octanol–water partition coefficient (Wildman–Crippen LogP) is 7.49. The summed E-state index contributed by atoms with van der Waals surface area (Å²) in [6, 6.07) is 45.2. The summed E-state index contributed by atoms with van der Waals surface area (Å²) < 4.78 is 15.7. The molecule has 3 heterocycles. The first-order chi connectivity index (χ1) is 20.2. The Bertz CT molecular complexity index is 2140. The molecule has 0 saturated heterocycles. The Kier molecular flexibility index (Phi) is 4.62. The zero-order chi connectivity index (χ0) is 27.1. The largest absolute Gasteiger partial charge is 0.458 e. The van der Waals surface area contributed by atoms with Crippen LogP contribution in [-0.2, 0) is 0 Å².